The molecule has 3 nitrogen and oxygen atoms in total. The second-order valence-electron chi connectivity index (χ2n) is 13.6. The molecule has 0 aliphatic heterocycles. The van der Waals surface area contributed by atoms with Gasteiger partial charge in [-0.25, -0.2) is 4.98 Å². The van der Waals surface area contributed by atoms with Gasteiger partial charge in [-0.2, -0.15) is 0 Å². The molecule has 3 heteroatoms. The number of rotatable bonds is 7. The predicted molar refractivity (Wildman–Crippen MR) is 225 cm³/mol. The van der Waals surface area contributed by atoms with E-state index in [2.05, 4.69) is 205 Å². The molecular formula is C51H34N2O. The summed E-state index contributed by atoms with van der Waals surface area (Å²) in [7, 11) is 0. The van der Waals surface area contributed by atoms with Crippen molar-refractivity contribution in [2.24, 2.45) is 0 Å². The number of para-hydroxylation sites is 1. The molecule has 0 aliphatic carbocycles. The fourth-order valence-electron chi connectivity index (χ4n) is 7.57. The molecule has 0 atom stereocenters. The van der Waals surface area contributed by atoms with E-state index < -0.39 is 0 Å². The second-order valence-corrected chi connectivity index (χ2v) is 13.6. The summed E-state index contributed by atoms with van der Waals surface area (Å²) in [5.41, 5.74) is 12.6. The van der Waals surface area contributed by atoms with Gasteiger partial charge in [-0.05, 0) is 104 Å². The van der Waals surface area contributed by atoms with E-state index in [1.165, 1.54) is 33.0 Å². The second kappa shape index (κ2) is 13.4. The van der Waals surface area contributed by atoms with Gasteiger partial charge >= 0.3 is 0 Å². The topological polar surface area (TPSA) is 29.3 Å². The molecule has 0 fully saturated rings. The lowest BCUT2D eigenvalue weighted by atomic mass is 10.0. The SMILES string of the molecule is c1ccc(-c2cccc(N(c3ccc(-c4ccc5ccccc5c4)cc3)c3ccc(-c4cccc5nc(-c6cccc7ccccc67)oc45)cc3)c2)cc1. The molecule has 10 rings (SSSR count). The minimum atomic E-state index is 0.627. The molecule has 0 N–H and O–H groups in total. The van der Waals surface area contributed by atoms with Gasteiger partial charge in [-0.1, -0.05) is 152 Å². The van der Waals surface area contributed by atoms with Crippen molar-refractivity contribution in [1.29, 1.82) is 0 Å². The Balaban J connectivity index is 1.04. The first-order chi connectivity index (χ1) is 26.7. The van der Waals surface area contributed by atoms with Crippen LogP contribution in [-0.2, 0) is 0 Å². The van der Waals surface area contributed by atoms with E-state index in [1.807, 2.05) is 6.07 Å². The van der Waals surface area contributed by atoms with Crippen molar-refractivity contribution >= 4 is 49.7 Å². The largest absolute Gasteiger partial charge is 0.435 e. The van der Waals surface area contributed by atoms with E-state index >= 15 is 0 Å². The standard InChI is InChI=1S/C51H34N2O/c1-2-11-35(12-3-1)41-17-8-18-45(34-41)53(43-29-25-37(26-30-43)42-24-23-36-13-4-5-15-40(36)33-42)44-31-27-39(28-32-44)47-20-10-22-49-50(47)54-51(52-49)48-21-9-16-38-14-6-7-19-46(38)48/h1-34H. The minimum Gasteiger partial charge on any atom is -0.435 e. The highest BCUT2D eigenvalue weighted by Crippen LogP contribution is 2.40. The molecule has 254 valence electrons. The Bertz CT molecular complexity index is 2920. The Kier molecular flexibility index (Phi) is 7.81. The summed E-state index contributed by atoms with van der Waals surface area (Å²) >= 11 is 0. The van der Waals surface area contributed by atoms with Gasteiger partial charge in [0.2, 0.25) is 5.89 Å². The summed E-state index contributed by atoms with van der Waals surface area (Å²) in [5, 5.41) is 4.77. The summed E-state index contributed by atoms with van der Waals surface area (Å²) in [5.74, 6) is 0.627. The number of hydrogen-bond donors (Lipinski definition) is 0. The number of benzene rings is 9. The third kappa shape index (κ3) is 5.78. The first-order valence-corrected chi connectivity index (χ1v) is 18.3. The fraction of sp³-hybridized carbons (Fsp3) is 0. The molecule has 0 saturated carbocycles. The lowest BCUT2D eigenvalue weighted by Gasteiger charge is -2.26. The average Bonchev–Trinajstić information content (AvgIpc) is 3.69. The zero-order chi connectivity index (χ0) is 35.8. The highest BCUT2D eigenvalue weighted by Gasteiger charge is 2.17. The normalized spacial score (nSPS) is 11.3. The van der Waals surface area contributed by atoms with Crippen molar-refractivity contribution < 1.29 is 4.42 Å². The summed E-state index contributed by atoms with van der Waals surface area (Å²) < 4.78 is 6.57. The monoisotopic (exact) mass is 690 g/mol. The molecule has 1 heterocycles. The van der Waals surface area contributed by atoms with Crippen LogP contribution in [0.3, 0.4) is 0 Å². The van der Waals surface area contributed by atoms with Crippen molar-refractivity contribution in [1.82, 2.24) is 4.98 Å². The van der Waals surface area contributed by atoms with Crippen LogP contribution < -0.4 is 4.90 Å². The van der Waals surface area contributed by atoms with Gasteiger partial charge in [-0.15, -0.1) is 0 Å². The molecule has 54 heavy (non-hydrogen) atoms. The van der Waals surface area contributed by atoms with Crippen LogP contribution >= 0.6 is 0 Å². The quantitative estimate of drug-likeness (QED) is 0.167. The van der Waals surface area contributed by atoms with E-state index in [1.54, 1.807) is 0 Å². The maximum absolute atomic E-state index is 6.57. The van der Waals surface area contributed by atoms with Crippen LogP contribution in [0.2, 0.25) is 0 Å². The lowest BCUT2D eigenvalue weighted by Crippen LogP contribution is -2.10. The smallest absolute Gasteiger partial charge is 0.227 e. The van der Waals surface area contributed by atoms with Gasteiger partial charge in [0.25, 0.3) is 0 Å². The Hall–Kier alpha value is -7.23. The van der Waals surface area contributed by atoms with Crippen molar-refractivity contribution in [2.45, 2.75) is 0 Å². The summed E-state index contributed by atoms with van der Waals surface area (Å²) in [6.07, 6.45) is 0. The van der Waals surface area contributed by atoms with Crippen molar-refractivity contribution in [3.8, 4) is 44.8 Å². The van der Waals surface area contributed by atoms with Gasteiger partial charge in [0.05, 0.1) is 0 Å². The highest BCUT2D eigenvalue weighted by molar-refractivity contribution is 5.98. The van der Waals surface area contributed by atoms with Crippen LogP contribution in [-0.4, -0.2) is 4.98 Å². The Labute approximate surface area is 314 Å². The third-order valence-corrected chi connectivity index (χ3v) is 10.3. The number of oxazole rings is 1. The lowest BCUT2D eigenvalue weighted by molar-refractivity contribution is 0.621. The maximum atomic E-state index is 6.57. The molecule has 0 amide bonds. The first kappa shape index (κ1) is 31.5. The number of aromatic nitrogens is 1. The molecule has 1 aromatic heterocycles. The zero-order valence-electron chi connectivity index (χ0n) is 29.4. The number of nitrogens with zero attached hydrogens (tertiary/aromatic N) is 2. The number of fused-ring (bicyclic) bond motifs is 3. The average molecular weight is 691 g/mol. The van der Waals surface area contributed by atoms with Crippen molar-refractivity contribution in [2.75, 3.05) is 4.90 Å². The fourth-order valence-corrected chi connectivity index (χ4v) is 7.57. The molecule has 0 saturated heterocycles. The van der Waals surface area contributed by atoms with Crippen LogP contribution in [0.1, 0.15) is 0 Å². The van der Waals surface area contributed by atoms with Gasteiger partial charge in [0, 0.05) is 28.2 Å². The summed E-state index contributed by atoms with van der Waals surface area (Å²) in [6.45, 7) is 0. The van der Waals surface area contributed by atoms with Crippen LogP contribution in [0.5, 0.6) is 0 Å². The molecule has 0 spiro atoms. The van der Waals surface area contributed by atoms with Gasteiger partial charge in [0.1, 0.15) is 5.52 Å². The van der Waals surface area contributed by atoms with E-state index in [4.69, 9.17) is 9.40 Å². The molecule has 0 aliphatic rings. The molecule has 9 aromatic carbocycles. The third-order valence-electron chi connectivity index (χ3n) is 10.3. The van der Waals surface area contributed by atoms with Crippen LogP contribution in [0.15, 0.2) is 211 Å². The molecule has 10 aromatic rings. The number of anilines is 3. The van der Waals surface area contributed by atoms with Crippen molar-refractivity contribution in [3.05, 3.63) is 206 Å². The van der Waals surface area contributed by atoms with E-state index in [0.717, 1.165) is 55.6 Å². The molecule has 0 bridgehead atoms. The van der Waals surface area contributed by atoms with Gasteiger partial charge in [-0.3, -0.25) is 0 Å². The van der Waals surface area contributed by atoms with Gasteiger partial charge in [0.15, 0.2) is 5.58 Å². The maximum Gasteiger partial charge on any atom is 0.227 e. The van der Waals surface area contributed by atoms with Crippen LogP contribution in [0.25, 0.3) is 77.5 Å². The summed E-state index contributed by atoms with van der Waals surface area (Å²) in [6, 6.07) is 72.9. The predicted octanol–water partition coefficient (Wildman–Crippen LogP) is 14.3. The molecule has 0 radical (unpaired) electrons. The van der Waals surface area contributed by atoms with E-state index in [0.29, 0.717) is 5.89 Å². The first-order valence-electron chi connectivity index (χ1n) is 18.3. The Morgan fingerprint density at radius 3 is 1.74 bits per heavy atom. The highest BCUT2D eigenvalue weighted by atomic mass is 16.3. The van der Waals surface area contributed by atoms with Crippen LogP contribution in [0, 0.1) is 0 Å². The Morgan fingerprint density at radius 2 is 0.926 bits per heavy atom. The molecular weight excluding hydrogens is 657 g/mol. The van der Waals surface area contributed by atoms with Crippen LogP contribution in [0.4, 0.5) is 17.1 Å². The van der Waals surface area contributed by atoms with E-state index in [9.17, 15) is 0 Å². The summed E-state index contributed by atoms with van der Waals surface area (Å²) in [4.78, 5) is 7.27. The number of hydrogen-bond acceptors (Lipinski definition) is 3. The van der Waals surface area contributed by atoms with Gasteiger partial charge < -0.3 is 9.32 Å². The zero-order valence-corrected chi connectivity index (χ0v) is 29.4. The molecule has 0 unspecified atom stereocenters. The minimum absolute atomic E-state index is 0.627. The Morgan fingerprint density at radius 1 is 0.352 bits per heavy atom. The van der Waals surface area contributed by atoms with E-state index in [-0.39, 0.29) is 0 Å². The van der Waals surface area contributed by atoms with Crippen molar-refractivity contribution in [3.63, 3.8) is 0 Å².